The summed E-state index contributed by atoms with van der Waals surface area (Å²) >= 11 is 0. The van der Waals surface area contributed by atoms with Gasteiger partial charge < -0.3 is 9.80 Å². The van der Waals surface area contributed by atoms with Crippen LogP contribution in [0.4, 0.5) is 28.4 Å². The van der Waals surface area contributed by atoms with Crippen molar-refractivity contribution < 1.29 is 0 Å². The lowest BCUT2D eigenvalue weighted by atomic mass is 9.82. The third-order valence-corrected chi connectivity index (χ3v) is 16.8. The predicted molar refractivity (Wildman–Crippen MR) is 345 cm³/mol. The second kappa shape index (κ2) is 20.5. The summed E-state index contributed by atoms with van der Waals surface area (Å²) in [6.07, 6.45) is 6.30. The minimum atomic E-state index is -0.337. The van der Waals surface area contributed by atoms with Crippen molar-refractivity contribution in [3.63, 3.8) is 0 Å². The quantitative estimate of drug-likeness (QED) is 0.122. The number of hydrogen-bond donors (Lipinski definition) is 0. The van der Waals surface area contributed by atoms with Crippen LogP contribution in [0.5, 0.6) is 0 Å². The molecule has 0 bridgehead atoms. The van der Waals surface area contributed by atoms with E-state index in [0.29, 0.717) is 0 Å². The fourth-order valence-electron chi connectivity index (χ4n) is 12.7. The molecular formula is C77H58N6. The Morgan fingerprint density at radius 3 is 1.30 bits per heavy atom. The van der Waals surface area contributed by atoms with Gasteiger partial charge in [0.15, 0.2) is 0 Å². The van der Waals surface area contributed by atoms with Crippen molar-refractivity contribution in [3.8, 4) is 56.1 Å². The molecule has 2 aromatic heterocycles. The first kappa shape index (κ1) is 49.5. The van der Waals surface area contributed by atoms with Crippen LogP contribution in [0.1, 0.15) is 43.6 Å². The molecule has 0 unspecified atom stereocenters. The number of allylic oxidation sites excluding steroid dienone is 4. The monoisotopic (exact) mass is 1070 g/mol. The van der Waals surface area contributed by atoms with Gasteiger partial charge in [0.25, 0.3) is 0 Å². The van der Waals surface area contributed by atoms with Gasteiger partial charge in [-0.3, -0.25) is 9.13 Å². The van der Waals surface area contributed by atoms with Crippen molar-refractivity contribution >= 4 is 56.1 Å². The maximum Gasteiger partial charge on any atom is 0.145 e. The van der Waals surface area contributed by atoms with Gasteiger partial charge in [-0.25, -0.2) is 9.97 Å². The lowest BCUT2D eigenvalue weighted by Crippen LogP contribution is -2.20. The van der Waals surface area contributed by atoms with Gasteiger partial charge in [0.2, 0.25) is 0 Å². The molecule has 83 heavy (non-hydrogen) atoms. The summed E-state index contributed by atoms with van der Waals surface area (Å²) in [4.78, 5) is 15.4. The second-order valence-electron chi connectivity index (χ2n) is 22.2. The number of anilines is 5. The number of imidazole rings is 2. The van der Waals surface area contributed by atoms with Crippen LogP contribution in [-0.2, 0) is 5.41 Å². The normalized spacial score (nSPS) is 13.3. The minimum absolute atomic E-state index is 0.337. The molecule has 0 spiro atoms. The third kappa shape index (κ3) is 8.84. The van der Waals surface area contributed by atoms with E-state index < -0.39 is 0 Å². The number of benzene rings is 11. The van der Waals surface area contributed by atoms with Gasteiger partial charge in [0.05, 0.1) is 22.1 Å². The molecule has 2 aliphatic rings. The highest BCUT2D eigenvalue weighted by Crippen LogP contribution is 2.53. The van der Waals surface area contributed by atoms with Crippen LogP contribution < -0.4 is 9.80 Å². The minimum Gasteiger partial charge on any atom is -0.314 e. The van der Waals surface area contributed by atoms with E-state index in [0.717, 1.165) is 97.5 Å². The van der Waals surface area contributed by atoms with E-state index in [4.69, 9.17) is 9.97 Å². The summed E-state index contributed by atoms with van der Waals surface area (Å²) < 4.78 is 4.58. The largest absolute Gasteiger partial charge is 0.314 e. The van der Waals surface area contributed by atoms with Crippen LogP contribution in [0, 0.1) is 0 Å². The van der Waals surface area contributed by atoms with Gasteiger partial charge in [-0.2, -0.15) is 0 Å². The van der Waals surface area contributed by atoms with Crippen LogP contribution >= 0.6 is 0 Å². The van der Waals surface area contributed by atoms with Gasteiger partial charge in [-0.05, 0) is 190 Å². The average molecular weight is 1070 g/mol. The lowest BCUT2D eigenvalue weighted by molar-refractivity contribution is 0.660. The fraction of sp³-hybridized carbons (Fsp3) is 0.0649. The molecule has 2 heterocycles. The average Bonchev–Trinajstić information content (AvgIpc) is 3.59. The number of aromatic nitrogens is 4. The van der Waals surface area contributed by atoms with Crippen LogP contribution in [0.25, 0.3) is 83.8 Å². The maximum atomic E-state index is 5.27. The van der Waals surface area contributed by atoms with E-state index in [-0.39, 0.29) is 5.41 Å². The number of rotatable bonds is 12. The van der Waals surface area contributed by atoms with Gasteiger partial charge in [0.1, 0.15) is 11.6 Å². The highest BCUT2D eigenvalue weighted by atomic mass is 15.2. The fourth-order valence-corrected chi connectivity index (χ4v) is 12.7. The van der Waals surface area contributed by atoms with Crippen molar-refractivity contribution in [2.45, 2.75) is 32.1 Å². The van der Waals surface area contributed by atoms with Crippen LogP contribution in [-0.4, -0.2) is 19.1 Å². The van der Waals surface area contributed by atoms with Gasteiger partial charge in [0, 0.05) is 56.5 Å². The van der Waals surface area contributed by atoms with Gasteiger partial charge in [-0.15, -0.1) is 0 Å². The van der Waals surface area contributed by atoms with Crippen LogP contribution in [0.2, 0.25) is 0 Å². The van der Waals surface area contributed by atoms with Crippen molar-refractivity contribution in [1.29, 1.82) is 0 Å². The molecule has 0 atom stereocenters. The van der Waals surface area contributed by atoms with E-state index in [9.17, 15) is 0 Å². The van der Waals surface area contributed by atoms with E-state index in [1.807, 2.05) is 0 Å². The molecule has 2 aliphatic carbocycles. The van der Waals surface area contributed by atoms with E-state index in [1.54, 1.807) is 0 Å². The molecule has 11 aromatic carbocycles. The molecular weight excluding hydrogens is 1010 g/mol. The highest BCUT2D eigenvalue weighted by molar-refractivity contribution is 5.90. The Hall–Kier alpha value is -10.6. The second-order valence-corrected chi connectivity index (χ2v) is 22.2. The van der Waals surface area contributed by atoms with Crippen LogP contribution in [0.3, 0.4) is 0 Å². The molecule has 0 fully saturated rings. The molecule has 0 amide bonds. The standard InChI is InChI=1S/C77H58N6/c1-77(2)69-51-65(80(63-31-19-25-57(49-63)53-21-7-3-8-22-53)61-41-37-55(38-42-61)75-78-71-33-15-17-35-73(71)82(75)59-27-11-5-12-28-59)45-47-67(69)68-48-46-66(52-70(68)77)81(64-32-20-26-58(50-64)54-23-9-4-10-24-54)62-43-39-56(40-44-62)76-79-72-34-16-18-36-74(72)83(76)60-29-13-6-14-30-60/h3-39,41-43,45-52H,40,44H2,1-2H3. The Bertz CT molecular complexity index is 4630. The zero-order valence-corrected chi connectivity index (χ0v) is 46.3. The SMILES string of the molecule is CC1(C)c2cc(N(C3=CC=C(c4nc5ccccc5n4-c4ccccc4)CC3)c3cccc(-c4ccccc4)c3)ccc2-c2ccc(N(c3ccc(-c4nc5ccccc5n4-c4ccccc4)cc3)c3cccc(-c4ccccc4)c3)cc21. The molecule has 13 aromatic rings. The highest BCUT2D eigenvalue weighted by Gasteiger charge is 2.37. The lowest BCUT2D eigenvalue weighted by Gasteiger charge is -2.32. The Morgan fingerprint density at radius 2 is 0.771 bits per heavy atom. The zero-order valence-electron chi connectivity index (χ0n) is 46.3. The smallest absolute Gasteiger partial charge is 0.145 e. The number of hydrogen-bond acceptors (Lipinski definition) is 4. The maximum absolute atomic E-state index is 5.27. The Balaban J connectivity index is 0.825. The molecule has 0 aliphatic heterocycles. The van der Waals surface area contributed by atoms with Gasteiger partial charge >= 0.3 is 0 Å². The molecule has 15 rings (SSSR count). The molecule has 0 saturated heterocycles. The molecule has 6 heteroatoms. The molecule has 0 N–H and O–H groups in total. The summed E-state index contributed by atoms with van der Waals surface area (Å²) in [5, 5.41) is 0. The molecule has 396 valence electrons. The molecule has 0 saturated carbocycles. The first-order chi connectivity index (χ1) is 40.9. The summed E-state index contributed by atoms with van der Waals surface area (Å²) in [7, 11) is 0. The summed E-state index contributed by atoms with van der Waals surface area (Å²) in [6.45, 7) is 4.79. The Morgan fingerprint density at radius 1 is 0.337 bits per heavy atom. The van der Waals surface area contributed by atoms with Gasteiger partial charge in [-0.1, -0.05) is 178 Å². The zero-order chi connectivity index (χ0) is 55.4. The van der Waals surface area contributed by atoms with E-state index in [2.05, 4.69) is 324 Å². The van der Waals surface area contributed by atoms with Crippen molar-refractivity contribution in [2.75, 3.05) is 9.80 Å². The van der Waals surface area contributed by atoms with Crippen molar-refractivity contribution in [3.05, 3.63) is 314 Å². The van der Waals surface area contributed by atoms with Crippen molar-refractivity contribution in [2.24, 2.45) is 0 Å². The summed E-state index contributed by atoms with van der Waals surface area (Å²) in [6, 6.07) is 101. The summed E-state index contributed by atoms with van der Waals surface area (Å²) in [5.74, 6) is 1.89. The third-order valence-electron chi connectivity index (χ3n) is 16.8. The Kier molecular flexibility index (Phi) is 12.2. The number of fused-ring (bicyclic) bond motifs is 5. The van der Waals surface area contributed by atoms with E-state index in [1.165, 1.54) is 50.2 Å². The van der Waals surface area contributed by atoms with Crippen molar-refractivity contribution in [1.82, 2.24) is 19.1 Å². The molecule has 6 nitrogen and oxygen atoms in total. The number of nitrogens with zero attached hydrogens (tertiary/aromatic N) is 6. The number of para-hydroxylation sites is 6. The topological polar surface area (TPSA) is 42.1 Å². The molecule has 0 radical (unpaired) electrons. The van der Waals surface area contributed by atoms with E-state index >= 15 is 0 Å². The Labute approximate surface area is 484 Å². The first-order valence-electron chi connectivity index (χ1n) is 28.7. The predicted octanol–water partition coefficient (Wildman–Crippen LogP) is 20.0. The first-order valence-corrected chi connectivity index (χ1v) is 28.7. The van der Waals surface area contributed by atoms with Crippen LogP contribution in [0.15, 0.2) is 297 Å². The summed E-state index contributed by atoms with van der Waals surface area (Å²) in [5.41, 5.74) is 24.8.